The van der Waals surface area contributed by atoms with Crippen molar-refractivity contribution in [3.63, 3.8) is 0 Å². The fraction of sp³-hybridized carbons (Fsp3) is 0.462. The Hall–Kier alpha value is -2.15. The second-order valence-electron chi connectivity index (χ2n) is 4.62. The number of nitrogens with zero attached hydrogens (tertiary/aromatic N) is 1. The van der Waals surface area contributed by atoms with Crippen LogP contribution >= 0.6 is 0 Å². The molecule has 1 aromatic rings. The van der Waals surface area contributed by atoms with Crippen LogP contribution in [0.5, 0.6) is 5.75 Å². The van der Waals surface area contributed by atoms with Crippen LogP contribution in [0.3, 0.4) is 0 Å². The Kier molecular flexibility index (Phi) is 4.52. The summed E-state index contributed by atoms with van der Waals surface area (Å²) in [5, 5.41) is 16.6. The molecule has 1 amide bonds. The van der Waals surface area contributed by atoms with Crippen molar-refractivity contribution in [3.05, 3.63) is 33.9 Å². The lowest BCUT2D eigenvalue weighted by atomic mass is 10.1. The number of carbonyl (C=O) groups excluding carboxylic acids is 1. The molecule has 20 heavy (non-hydrogen) atoms. The molecule has 1 unspecified atom stereocenters. The minimum Gasteiger partial charge on any atom is -0.496 e. The lowest BCUT2D eigenvalue weighted by Crippen LogP contribution is -2.40. The number of rotatable bonds is 5. The van der Waals surface area contributed by atoms with Crippen LogP contribution in [0.25, 0.3) is 0 Å². The van der Waals surface area contributed by atoms with Gasteiger partial charge in [-0.25, -0.2) is 0 Å². The van der Waals surface area contributed by atoms with Crippen LogP contribution in [0.1, 0.15) is 18.4 Å². The summed E-state index contributed by atoms with van der Waals surface area (Å²) >= 11 is 0. The SMILES string of the molecule is COc1ccc([N+](=O)[O-])cc1CNC(=O)C1CCCN1. The standard InChI is InChI=1S/C13H17N3O4/c1-20-12-5-4-10(16(18)19)7-9(12)8-15-13(17)11-3-2-6-14-11/h4-5,7,11,14H,2-3,6,8H2,1H3,(H,15,17). The van der Waals surface area contributed by atoms with E-state index < -0.39 is 4.92 Å². The molecule has 7 heteroatoms. The number of amides is 1. The molecule has 0 radical (unpaired) electrons. The zero-order chi connectivity index (χ0) is 14.5. The minimum absolute atomic E-state index is 0.0194. The third kappa shape index (κ3) is 3.24. The number of hydrogen-bond donors (Lipinski definition) is 2. The number of hydrogen-bond acceptors (Lipinski definition) is 5. The zero-order valence-electron chi connectivity index (χ0n) is 11.2. The lowest BCUT2D eigenvalue weighted by molar-refractivity contribution is -0.384. The van der Waals surface area contributed by atoms with Gasteiger partial charge in [0.25, 0.3) is 5.69 Å². The van der Waals surface area contributed by atoms with E-state index in [0.29, 0.717) is 11.3 Å². The van der Waals surface area contributed by atoms with E-state index in [2.05, 4.69) is 10.6 Å². The molecule has 1 heterocycles. The van der Waals surface area contributed by atoms with Crippen molar-refractivity contribution in [2.75, 3.05) is 13.7 Å². The Morgan fingerprint density at radius 2 is 2.40 bits per heavy atom. The largest absolute Gasteiger partial charge is 0.496 e. The molecular weight excluding hydrogens is 262 g/mol. The fourth-order valence-corrected chi connectivity index (χ4v) is 2.23. The fourth-order valence-electron chi connectivity index (χ4n) is 2.23. The van der Waals surface area contributed by atoms with E-state index in [1.54, 1.807) is 0 Å². The Labute approximate surface area is 116 Å². The molecule has 1 aliphatic rings. The van der Waals surface area contributed by atoms with Crippen molar-refractivity contribution in [2.24, 2.45) is 0 Å². The first-order valence-corrected chi connectivity index (χ1v) is 6.44. The quantitative estimate of drug-likeness (QED) is 0.619. The first-order valence-electron chi connectivity index (χ1n) is 6.44. The topological polar surface area (TPSA) is 93.5 Å². The lowest BCUT2D eigenvalue weighted by Gasteiger charge is -2.13. The molecular formula is C13H17N3O4. The Balaban J connectivity index is 2.05. The minimum atomic E-state index is -0.469. The van der Waals surface area contributed by atoms with Gasteiger partial charge in [0.1, 0.15) is 5.75 Å². The monoisotopic (exact) mass is 279 g/mol. The van der Waals surface area contributed by atoms with Crippen LogP contribution in [0.15, 0.2) is 18.2 Å². The molecule has 1 aliphatic heterocycles. The van der Waals surface area contributed by atoms with E-state index in [0.717, 1.165) is 19.4 Å². The normalized spacial score (nSPS) is 17.8. The van der Waals surface area contributed by atoms with Gasteiger partial charge < -0.3 is 15.4 Å². The summed E-state index contributed by atoms with van der Waals surface area (Å²) in [6, 6.07) is 4.16. The highest BCUT2D eigenvalue weighted by Crippen LogP contribution is 2.23. The highest BCUT2D eigenvalue weighted by molar-refractivity contribution is 5.82. The van der Waals surface area contributed by atoms with Gasteiger partial charge in [0.2, 0.25) is 5.91 Å². The molecule has 1 atom stereocenters. The van der Waals surface area contributed by atoms with Gasteiger partial charge in [-0.1, -0.05) is 0 Å². The molecule has 0 bridgehead atoms. The maximum atomic E-state index is 11.9. The molecule has 0 spiro atoms. The third-order valence-corrected chi connectivity index (χ3v) is 3.30. The molecule has 0 aliphatic carbocycles. The maximum Gasteiger partial charge on any atom is 0.270 e. The molecule has 2 rings (SSSR count). The Morgan fingerprint density at radius 1 is 1.60 bits per heavy atom. The van der Waals surface area contributed by atoms with E-state index in [4.69, 9.17) is 4.74 Å². The van der Waals surface area contributed by atoms with E-state index in [1.807, 2.05) is 0 Å². The third-order valence-electron chi connectivity index (χ3n) is 3.30. The predicted molar refractivity (Wildman–Crippen MR) is 72.5 cm³/mol. The number of benzene rings is 1. The Bertz CT molecular complexity index is 512. The molecule has 7 nitrogen and oxygen atoms in total. The molecule has 2 N–H and O–H groups in total. The van der Waals surface area contributed by atoms with Crippen molar-refractivity contribution < 1.29 is 14.5 Å². The molecule has 0 saturated carbocycles. The van der Waals surface area contributed by atoms with Crippen LogP contribution < -0.4 is 15.4 Å². The molecule has 1 saturated heterocycles. The molecule has 0 aromatic heterocycles. The summed E-state index contributed by atoms with van der Waals surface area (Å²) in [6.45, 7) is 1.06. The van der Waals surface area contributed by atoms with Crippen molar-refractivity contribution >= 4 is 11.6 Å². The van der Waals surface area contributed by atoms with Crippen LogP contribution in [0.4, 0.5) is 5.69 Å². The summed E-state index contributed by atoms with van der Waals surface area (Å²) < 4.78 is 5.15. The zero-order valence-corrected chi connectivity index (χ0v) is 11.2. The van der Waals surface area contributed by atoms with Crippen LogP contribution in [0, 0.1) is 10.1 Å². The van der Waals surface area contributed by atoms with E-state index >= 15 is 0 Å². The van der Waals surface area contributed by atoms with Gasteiger partial charge in [0, 0.05) is 24.2 Å². The highest BCUT2D eigenvalue weighted by Gasteiger charge is 2.22. The summed E-state index contributed by atoms with van der Waals surface area (Å²) in [7, 11) is 1.49. The Morgan fingerprint density at radius 3 is 3.00 bits per heavy atom. The van der Waals surface area contributed by atoms with Crippen LogP contribution in [0.2, 0.25) is 0 Å². The second-order valence-corrected chi connectivity index (χ2v) is 4.62. The number of ether oxygens (including phenoxy) is 1. The maximum absolute atomic E-state index is 11.9. The van der Waals surface area contributed by atoms with E-state index in [-0.39, 0.29) is 24.2 Å². The average molecular weight is 279 g/mol. The number of non-ortho nitro benzene ring substituents is 1. The van der Waals surface area contributed by atoms with Gasteiger partial charge in [0.05, 0.1) is 18.1 Å². The van der Waals surface area contributed by atoms with Crippen molar-refractivity contribution in [3.8, 4) is 5.75 Å². The molecule has 1 aromatic carbocycles. The van der Waals surface area contributed by atoms with E-state index in [9.17, 15) is 14.9 Å². The predicted octanol–water partition coefficient (Wildman–Crippen LogP) is 0.972. The highest BCUT2D eigenvalue weighted by atomic mass is 16.6. The smallest absolute Gasteiger partial charge is 0.270 e. The van der Waals surface area contributed by atoms with Crippen molar-refractivity contribution in [1.82, 2.24) is 10.6 Å². The second kappa shape index (κ2) is 6.33. The number of nitro groups is 1. The van der Waals surface area contributed by atoms with Gasteiger partial charge in [-0.3, -0.25) is 14.9 Å². The van der Waals surface area contributed by atoms with Crippen molar-refractivity contribution in [1.29, 1.82) is 0 Å². The summed E-state index contributed by atoms with van der Waals surface area (Å²) in [5.74, 6) is 0.436. The average Bonchev–Trinajstić information content (AvgIpc) is 2.98. The molecule has 108 valence electrons. The number of methoxy groups -OCH3 is 1. The van der Waals surface area contributed by atoms with Gasteiger partial charge in [-0.05, 0) is 25.5 Å². The first kappa shape index (κ1) is 14.3. The first-order chi connectivity index (χ1) is 9.61. The van der Waals surface area contributed by atoms with Gasteiger partial charge in [-0.2, -0.15) is 0 Å². The van der Waals surface area contributed by atoms with E-state index in [1.165, 1.54) is 25.3 Å². The number of nitrogens with one attached hydrogen (secondary N) is 2. The number of carbonyl (C=O) groups is 1. The van der Waals surface area contributed by atoms with Crippen LogP contribution in [-0.4, -0.2) is 30.5 Å². The molecule has 1 fully saturated rings. The van der Waals surface area contributed by atoms with Crippen LogP contribution in [-0.2, 0) is 11.3 Å². The summed E-state index contributed by atoms with van der Waals surface area (Å²) in [5.41, 5.74) is 0.571. The summed E-state index contributed by atoms with van der Waals surface area (Å²) in [4.78, 5) is 22.2. The van der Waals surface area contributed by atoms with Crippen molar-refractivity contribution in [2.45, 2.75) is 25.4 Å². The van der Waals surface area contributed by atoms with Gasteiger partial charge in [-0.15, -0.1) is 0 Å². The van der Waals surface area contributed by atoms with Gasteiger partial charge >= 0.3 is 0 Å². The number of nitro benzene ring substituents is 1. The van der Waals surface area contributed by atoms with Gasteiger partial charge in [0.15, 0.2) is 0 Å². The summed E-state index contributed by atoms with van der Waals surface area (Å²) in [6.07, 6.45) is 1.80.